The van der Waals surface area contributed by atoms with Gasteiger partial charge in [-0.25, -0.2) is 4.98 Å². The summed E-state index contributed by atoms with van der Waals surface area (Å²) in [5.41, 5.74) is 6.34. The van der Waals surface area contributed by atoms with Gasteiger partial charge in [0.2, 0.25) is 0 Å². The average molecular weight is 236 g/mol. The Morgan fingerprint density at radius 3 is 2.59 bits per heavy atom. The third kappa shape index (κ3) is 3.34. The molecular weight excluding hydrogens is 216 g/mol. The molecule has 0 aliphatic rings. The topological polar surface area (TPSA) is 74.7 Å². The van der Waals surface area contributed by atoms with Crippen molar-refractivity contribution in [1.82, 2.24) is 4.98 Å². The fraction of sp³-hybridized carbons (Fsp3) is 0.500. The third-order valence-corrected chi connectivity index (χ3v) is 2.46. The molecule has 0 spiro atoms. The molecule has 0 atom stereocenters. The fourth-order valence-corrected chi connectivity index (χ4v) is 1.77. The van der Waals surface area contributed by atoms with E-state index in [4.69, 9.17) is 10.9 Å². The summed E-state index contributed by atoms with van der Waals surface area (Å²) in [6.07, 6.45) is 3.79. The molecule has 1 aromatic rings. The zero-order valence-electron chi connectivity index (χ0n) is 10.4. The van der Waals surface area contributed by atoms with Crippen molar-refractivity contribution in [2.75, 3.05) is 18.0 Å². The van der Waals surface area contributed by atoms with Gasteiger partial charge >= 0.3 is 0 Å². The van der Waals surface area contributed by atoms with Crippen molar-refractivity contribution in [3.8, 4) is 0 Å². The number of amidine groups is 1. The molecule has 0 saturated carbocycles. The van der Waals surface area contributed by atoms with Gasteiger partial charge in [-0.1, -0.05) is 19.0 Å². The van der Waals surface area contributed by atoms with Crippen LogP contribution in [-0.2, 0) is 0 Å². The highest BCUT2D eigenvalue weighted by atomic mass is 16.4. The Bertz CT molecular complexity index is 373. The maximum Gasteiger partial charge on any atom is 0.173 e. The molecule has 0 unspecified atom stereocenters. The molecule has 0 aliphatic carbocycles. The van der Waals surface area contributed by atoms with E-state index in [0.29, 0.717) is 5.56 Å². The van der Waals surface area contributed by atoms with Gasteiger partial charge in [0.1, 0.15) is 5.82 Å². The maximum absolute atomic E-state index is 8.77. The minimum Gasteiger partial charge on any atom is -0.409 e. The van der Waals surface area contributed by atoms with Crippen molar-refractivity contribution in [3.63, 3.8) is 0 Å². The second-order valence-electron chi connectivity index (χ2n) is 3.85. The van der Waals surface area contributed by atoms with Gasteiger partial charge in [-0.3, -0.25) is 0 Å². The number of pyridine rings is 1. The summed E-state index contributed by atoms with van der Waals surface area (Å²) in [5, 5.41) is 11.8. The van der Waals surface area contributed by atoms with Crippen molar-refractivity contribution < 1.29 is 5.21 Å². The van der Waals surface area contributed by atoms with Crippen LogP contribution in [0.25, 0.3) is 0 Å². The lowest BCUT2D eigenvalue weighted by Crippen LogP contribution is -2.29. The van der Waals surface area contributed by atoms with Gasteiger partial charge in [-0.15, -0.1) is 0 Å². The smallest absolute Gasteiger partial charge is 0.173 e. The highest BCUT2D eigenvalue weighted by molar-refractivity contribution is 6.01. The molecule has 0 aliphatic heterocycles. The molecule has 1 rings (SSSR count). The fourth-order valence-electron chi connectivity index (χ4n) is 1.77. The SMILES string of the molecule is CCCN(CCC)c1ncccc1/C(N)=N/O. The van der Waals surface area contributed by atoms with E-state index in [2.05, 4.69) is 28.9 Å². The van der Waals surface area contributed by atoms with Crippen LogP contribution in [0, 0.1) is 0 Å². The van der Waals surface area contributed by atoms with E-state index in [-0.39, 0.29) is 5.84 Å². The maximum atomic E-state index is 8.77. The van der Waals surface area contributed by atoms with Crippen molar-refractivity contribution in [2.24, 2.45) is 10.9 Å². The van der Waals surface area contributed by atoms with Crippen LogP contribution < -0.4 is 10.6 Å². The second-order valence-corrected chi connectivity index (χ2v) is 3.85. The van der Waals surface area contributed by atoms with Crippen LogP contribution in [0.5, 0.6) is 0 Å². The molecular formula is C12H20N4O. The zero-order chi connectivity index (χ0) is 12.7. The Hall–Kier alpha value is -1.78. The molecule has 0 saturated heterocycles. The van der Waals surface area contributed by atoms with Gasteiger partial charge in [0, 0.05) is 19.3 Å². The zero-order valence-corrected chi connectivity index (χ0v) is 10.4. The van der Waals surface area contributed by atoms with E-state index in [0.717, 1.165) is 31.7 Å². The predicted octanol–water partition coefficient (Wildman–Crippen LogP) is 1.80. The lowest BCUT2D eigenvalue weighted by atomic mass is 10.2. The number of anilines is 1. The summed E-state index contributed by atoms with van der Waals surface area (Å²) in [7, 11) is 0. The van der Waals surface area contributed by atoms with Gasteiger partial charge in [0.05, 0.1) is 5.56 Å². The van der Waals surface area contributed by atoms with E-state index >= 15 is 0 Å². The molecule has 5 nitrogen and oxygen atoms in total. The number of hydrogen-bond acceptors (Lipinski definition) is 4. The number of oxime groups is 1. The molecule has 5 heteroatoms. The number of hydrogen-bond donors (Lipinski definition) is 2. The van der Waals surface area contributed by atoms with Crippen LogP contribution in [-0.4, -0.2) is 29.1 Å². The molecule has 0 amide bonds. The molecule has 94 valence electrons. The van der Waals surface area contributed by atoms with E-state index in [9.17, 15) is 0 Å². The first kappa shape index (κ1) is 13.3. The number of nitrogens with two attached hydrogens (primary N) is 1. The molecule has 3 N–H and O–H groups in total. The van der Waals surface area contributed by atoms with E-state index < -0.39 is 0 Å². The highest BCUT2D eigenvalue weighted by Gasteiger charge is 2.13. The Labute approximate surface area is 102 Å². The summed E-state index contributed by atoms with van der Waals surface area (Å²) < 4.78 is 0. The first-order chi connectivity index (χ1) is 8.24. The summed E-state index contributed by atoms with van der Waals surface area (Å²) in [4.78, 5) is 6.50. The number of nitrogens with zero attached hydrogens (tertiary/aromatic N) is 3. The minimum atomic E-state index is 0.102. The summed E-state index contributed by atoms with van der Waals surface area (Å²) in [6.45, 7) is 6.07. The quantitative estimate of drug-likeness (QED) is 0.342. The molecule has 1 aromatic heterocycles. The molecule has 1 heterocycles. The van der Waals surface area contributed by atoms with Crippen LogP contribution in [0.1, 0.15) is 32.3 Å². The van der Waals surface area contributed by atoms with Gasteiger partial charge in [-0.2, -0.15) is 0 Å². The first-order valence-corrected chi connectivity index (χ1v) is 5.92. The van der Waals surface area contributed by atoms with E-state index in [1.807, 2.05) is 6.07 Å². The Balaban J connectivity index is 3.08. The predicted molar refractivity (Wildman–Crippen MR) is 69.5 cm³/mol. The molecule has 0 bridgehead atoms. The van der Waals surface area contributed by atoms with Gasteiger partial charge < -0.3 is 15.8 Å². The Morgan fingerprint density at radius 2 is 2.06 bits per heavy atom. The summed E-state index contributed by atoms with van der Waals surface area (Å²) >= 11 is 0. The van der Waals surface area contributed by atoms with E-state index in [1.165, 1.54) is 0 Å². The minimum absolute atomic E-state index is 0.102. The average Bonchev–Trinajstić information content (AvgIpc) is 2.37. The van der Waals surface area contributed by atoms with Gasteiger partial charge in [0.25, 0.3) is 0 Å². The van der Waals surface area contributed by atoms with E-state index in [1.54, 1.807) is 12.3 Å². The Kier molecular flexibility index (Phi) is 5.26. The molecule has 0 aromatic carbocycles. The normalized spacial score (nSPS) is 11.5. The van der Waals surface area contributed by atoms with Crippen molar-refractivity contribution in [3.05, 3.63) is 23.9 Å². The highest BCUT2D eigenvalue weighted by Crippen LogP contribution is 2.17. The van der Waals surface area contributed by atoms with Crippen molar-refractivity contribution in [1.29, 1.82) is 0 Å². The standard InChI is InChI=1S/C12H20N4O/c1-3-8-16(9-4-2)12-10(11(13)15-17)6-5-7-14-12/h5-7,17H,3-4,8-9H2,1-2H3,(H2,13,15). The second kappa shape index (κ2) is 6.73. The Morgan fingerprint density at radius 1 is 1.41 bits per heavy atom. The van der Waals surface area contributed by atoms with Crippen molar-refractivity contribution >= 4 is 11.7 Å². The van der Waals surface area contributed by atoms with Gasteiger partial charge in [-0.05, 0) is 25.0 Å². The molecule has 0 fully saturated rings. The van der Waals surface area contributed by atoms with Crippen LogP contribution >= 0.6 is 0 Å². The van der Waals surface area contributed by atoms with Crippen LogP contribution in [0.3, 0.4) is 0 Å². The number of aromatic nitrogens is 1. The third-order valence-electron chi connectivity index (χ3n) is 2.46. The van der Waals surface area contributed by atoms with Gasteiger partial charge in [0.15, 0.2) is 5.84 Å². The van der Waals surface area contributed by atoms with Crippen LogP contribution in [0.2, 0.25) is 0 Å². The summed E-state index contributed by atoms with van der Waals surface area (Å²) in [5.74, 6) is 0.886. The lowest BCUT2D eigenvalue weighted by molar-refractivity contribution is 0.318. The van der Waals surface area contributed by atoms with Crippen molar-refractivity contribution in [2.45, 2.75) is 26.7 Å². The lowest BCUT2D eigenvalue weighted by Gasteiger charge is -2.24. The first-order valence-electron chi connectivity index (χ1n) is 5.92. The van der Waals surface area contributed by atoms with Crippen LogP contribution in [0.4, 0.5) is 5.82 Å². The molecule has 17 heavy (non-hydrogen) atoms. The largest absolute Gasteiger partial charge is 0.409 e. The van der Waals surface area contributed by atoms with Crippen LogP contribution in [0.15, 0.2) is 23.5 Å². The summed E-state index contributed by atoms with van der Waals surface area (Å²) in [6, 6.07) is 3.60. The number of rotatable bonds is 6. The molecule has 0 radical (unpaired) electrons. The monoisotopic (exact) mass is 236 g/mol.